The normalized spacial score (nSPS) is 11.6. The van der Waals surface area contributed by atoms with E-state index in [1.807, 2.05) is 6.08 Å². The molecule has 0 saturated carbocycles. The molecule has 1 aromatic carbocycles. The second-order valence-corrected chi connectivity index (χ2v) is 3.42. The first kappa shape index (κ1) is 13.2. The summed E-state index contributed by atoms with van der Waals surface area (Å²) in [6.45, 7) is 7.93. The molecule has 78 valence electrons. The van der Waals surface area contributed by atoms with Crippen LogP contribution in [0.15, 0.2) is 30.9 Å². The molecule has 1 rings (SSSR count). The predicted octanol–water partition coefficient (Wildman–Crippen LogP) is 3.30. The summed E-state index contributed by atoms with van der Waals surface area (Å²) < 4.78 is 0. The molecular weight excluding hydrogens is 194 g/mol. The van der Waals surface area contributed by atoms with Crippen LogP contribution in [0.2, 0.25) is 0 Å². The summed E-state index contributed by atoms with van der Waals surface area (Å²) in [6, 6.07) is 6.36. The molecular formula is C12H18ClN. The summed E-state index contributed by atoms with van der Waals surface area (Å²) in [7, 11) is 0. The fourth-order valence-corrected chi connectivity index (χ4v) is 1.48. The van der Waals surface area contributed by atoms with Crippen molar-refractivity contribution in [3.63, 3.8) is 0 Å². The molecule has 1 atom stereocenters. The summed E-state index contributed by atoms with van der Waals surface area (Å²) in [5.41, 5.74) is 9.85. The van der Waals surface area contributed by atoms with Crippen LogP contribution in [0.25, 0.3) is 0 Å². The van der Waals surface area contributed by atoms with E-state index in [2.05, 4.69) is 38.6 Å². The number of rotatable bonds is 3. The lowest BCUT2D eigenvalue weighted by Crippen LogP contribution is -2.11. The smallest absolute Gasteiger partial charge is 0.0332 e. The van der Waals surface area contributed by atoms with Crippen LogP contribution < -0.4 is 5.73 Å². The van der Waals surface area contributed by atoms with E-state index in [0.29, 0.717) is 0 Å². The zero-order chi connectivity index (χ0) is 9.84. The lowest BCUT2D eigenvalue weighted by molar-refractivity contribution is 0.734. The van der Waals surface area contributed by atoms with Crippen LogP contribution in [0.1, 0.15) is 29.2 Å². The van der Waals surface area contributed by atoms with Gasteiger partial charge in [-0.2, -0.15) is 0 Å². The van der Waals surface area contributed by atoms with E-state index in [1.54, 1.807) is 0 Å². The molecule has 0 aliphatic rings. The van der Waals surface area contributed by atoms with Gasteiger partial charge in [-0.15, -0.1) is 19.0 Å². The van der Waals surface area contributed by atoms with Gasteiger partial charge in [-0.25, -0.2) is 0 Å². The molecule has 0 fully saturated rings. The van der Waals surface area contributed by atoms with Crippen molar-refractivity contribution >= 4 is 12.4 Å². The first-order valence-electron chi connectivity index (χ1n) is 4.59. The summed E-state index contributed by atoms with van der Waals surface area (Å²) in [6.07, 6.45) is 2.71. The van der Waals surface area contributed by atoms with Crippen LogP contribution in [0.5, 0.6) is 0 Å². The molecule has 0 bridgehead atoms. The molecule has 0 unspecified atom stereocenters. The van der Waals surface area contributed by atoms with Crippen molar-refractivity contribution in [2.75, 3.05) is 0 Å². The van der Waals surface area contributed by atoms with E-state index in [4.69, 9.17) is 5.73 Å². The Hall–Kier alpha value is -0.790. The van der Waals surface area contributed by atoms with Gasteiger partial charge in [0.1, 0.15) is 0 Å². The Balaban J connectivity index is 0.00000169. The summed E-state index contributed by atoms with van der Waals surface area (Å²) in [4.78, 5) is 0. The van der Waals surface area contributed by atoms with Gasteiger partial charge in [0, 0.05) is 6.04 Å². The van der Waals surface area contributed by atoms with Gasteiger partial charge in [-0.3, -0.25) is 0 Å². The molecule has 0 saturated heterocycles. The van der Waals surface area contributed by atoms with Crippen LogP contribution in [0.3, 0.4) is 0 Å². The van der Waals surface area contributed by atoms with E-state index >= 15 is 0 Å². The van der Waals surface area contributed by atoms with Gasteiger partial charge >= 0.3 is 0 Å². The van der Waals surface area contributed by atoms with Gasteiger partial charge in [-0.05, 0) is 37.0 Å². The Bertz CT molecular complexity index is 307. The van der Waals surface area contributed by atoms with Crippen LogP contribution in [-0.2, 0) is 0 Å². The average Bonchev–Trinajstić information content (AvgIpc) is 2.10. The fourth-order valence-electron chi connectivity index (χ4n) is 1.48. The lowest BCUT2D eigenvalue weighted by Gasteiger charge is -2.14. The van der Waals surface area contributed by atoms with Crippen molar-refractivity contribution in [3.8, 4) is 0 Å². The summed E-state index contributed by atoms with van der Waals surface area (Å²) in [5.74, 6) is 0. The fraction of sp³-hybridized carbons (Fsp3) is 0.333. The van der Waals surface area contributed by atoms with E-state index in [-0.39, 0.29) is 18.4 Å². The zero-order valence-corrected chi connectivity index (χ0v) is 9.60. The van der Waals surface area contributed by atoms with Crippen molar-refractivity contribution in [1.29, 1.82) is 0 Å². The topological polar surface area (TPSA) is 26.0 Å². The summed E-state index contributed by atoms with van der Waals surface area (Å²) >= 11 is 0. The number of aryl methyl sites for hydroxylation is 1. The van der Waals surface area contributed by atoms with Gasteiger partial charge in [0.05, 0.1) is 0 Å². The minimum Gasteiger partial charge on any atom is -0.324 e. The minimum atomic E-state index is 0. The quantitative estimate of drug-likeness (QED) is 0.763. The van der Waals surface area contributed by atoms with Crippen molar-refractivity contribution in [1.82, 2.24) is 0 Å². The third kappa shape index (κ3) is 2.86. The van der Waals surface area contributed by atoms with Crippen molar-refractivity contribution in [2.24, 2.45) is 5.73 Å². The minimum absolute atomic E-state index is 0. The standard InChI is InChI=1S/C12H17N.ClH/c1-4-6-12(13)11-8-5-7-9(2)10(11)3;/h4-5,7-8,12H,1,6,13H2,2-3H3;1H/t12-;/m1./s1. The van der Waals surface area contributed by atoms with Crippen molar-refractivity contribution in [3.05, 3.63) is 47.5 Å². The zero-order valence-electron chi connectivity index (χ0n) is 8.79. The highest BCUT2D eigenvalue weighted by atomic mass is 35.5. The summed E-state index contributed by atoms with van der Waals surface area (Å²) in [5, 5.41) is 0. The second-order valence-electron chi connectivity index (χ2n) is 3.42. The first-order valence-corrected chi connectivity index (χ1v) is 4.59. The Morgan fingerprint density at radius 3 is 2.64 bits per heavy atom. The monoisotopic (exact) mass is 211 g/mol. The largest absolute Gasteiger partial charge is 0.324 e. The lowest BCUT2D eigenvalue weighted by atomic mass is 9.96. The number of benzene rings is 1. The predicted molar refractivity (Wildman–Crippen MR) is 64.9 cm³/mol. The number of nitrogens with two attached hydrogens (primary N) is 1. The Kier molecular flexibility index (Phi) is 5.51. The number of hydrogen-bond donors (Lipinski definition) is 1. The van der Waals surface area contributed by atoms with Crippen molar-refractivity contribution in [2.45, 2.75) is 26.3 Å². The van der Waals surface area contributed by atoms with Gasteiger partial charge < -0.3 is 5.73 Å². The van der Waals surface area contributed by atoms with Crippen LogP contribution in [0.4, 0.5) is 0 Å². The van der Waals surface area contributed by atoms with Gasteiger partial charge in [0.15, 0.2) is 0 Å². The maximum Gasteiger partial charge on any atom is 0.0332 e. The highest BCUT2D eigenvalue weighted by Gasteiger charge is 2.07. The van der Waals surface area contributed by atoms with E-state index in [1.165, 1.54) is 16.7 Å². The van der Waals surface area contributed by atoms with Crippen LogP contribution in [0, 0.1) is 13.8 Å². The third-order valence-electron chi connectivity index (χ3n) is 2.47. The highest BCUT2D eigenvalue weighted by Crippen LogP contribution is 2.20. The third-order valence-corrected chi connectivity index (χ3v) is 2.47. The molecule has 1 nitrogen and oxygen atoms in total. The molecule has 0 amide bonds. The molecule has 0 spiro atoms. The maximum absolute atomic E-state index is 6.00. The van der Waals surface area contributed by atoms with Crippen molar-refractivity contribution < 1.29 is 0 Å². The first-order chi connectivity index (χ1) is 6.16. The van der Waals surface area contributed by atoms with Gasteiger partial charge in [-0.1, -0.05) is 24.3 Å². The molecule has 2 N–H and O–H groups in total. The Morgan fingerprint density at radius 2 is 2.07 bits per heavy atom. The van der Waals surface area contributed by atoms with Gasteiger partial charge in [0.25, 0.3) is 0 Å². The average molecular weight is 212 g/mol. The number of hydrogen-bond acceptors (Lipinski definition) is 1. The maximum atomic E-state index is 6.00. The van der Waals surface area contributed by atoms with Crippen LogP contribution >= 0.6 is 12.4 Å². The molecule has 1 aromatic rings. The van der Waals surface area contributed by atoms with E-state index in [9.17, 15) is 0 Å². The van der Waals surface area contributed by atoms with Crippen LogP contribution in [-0.4, -0.2) is 0 Å². The molecule has 0 aromatic heterocycles. The molecule has 0 radical (unpaired) electrons. The molecule has 14 heavy (non-hydrogen) atoms. The number of halogens is 1. The molecule has 0 aliphatic carbocycles. The second kappa shape index (κ2) is 5.84. The Labute approximate surface area is 92.4 Å². The van der Waals surface area contributed by atoms with E-state index in [0.717, 1.165) is 6.42 Å². The van der Waals surface area contributed by atoms with E-state index < -0.39 is 0 Å². The highest BCUT2D eigenvalue weighted by molar-refractivity contribution is 5.85. The molecule has 0 heterocycles. The molecule has 2 heteroatoms. The molecule has 0 aliphatic heterocycles. The van der Waals surface area contributed by atoms with Gasteiger partial charge in [0.2, 0.25) is 0 Å². The Morgan fingerprint density at radius 1 is 1.43 bits per heavy atom. The SMILES string of the molecule is C=CC[C@@H](N)c1cccc(C)c1C.Cl.